The maximum atomic E-state index is 9.24. The maximum absolute atomic E-state index is 9.24. The number of aliphatic hydroxyl groups is 1. The van der Waals surface area contributed by atoms with Crippen molar-refractivity contribution >= 4 is 5.82 Å². The van der Waals surface area contributed by atoms with Crippen molar-refractivity contribution < 1.29 is 9.84 Å². The van der Waals surface area contributed by atoms with Crippen LogP contribution in [0.4, 0.5) is 5.82 Å². The van der Waals surface area contributed by atoms with Gasteiger partial charge in [0.2, 0.25) is 0 Å². The molecule has 2 heterocycles. The Morgan fingerprint density at radius 1 is 1.67 bits per heavy atom. The number of ether oxygens (including phenoxy) is 1. The molecule has 0 aliphatic carbocycles. The van der Waals surface area contributed by atoms with Crippen LogP contribution in [-0.4, -0.2) is 35.9 Å². The SMILES string of the molecule is CC1COCCN1c1ncccc1CO. The molecule has 1 N–H and O–H groups in total. The third-order valence-corrected chi connectivity index (χ3v) is 2.68. The predicted molar refractivity (Wildman–Crippen MR) is 57.8 cm³/mol. The molecule has 0 radical (unpaired) electrons. The molecule has 0 spiro atoms. The Bertz CT molecular complexity index is 330. The Morgan fingerprint density at radius 3 is 3.27 bits per heavy atom. The minimum absolute atomic E-state index is 0.0350. The van der Waals surface area contributed by atoms with E-state index in [2.05, 4.69) is 16.8 Å². The normalized spacial score (nSPS) is 21.7. The van der Waals surface area contributed by atoms with Crippen molar-refractivity contribution in [1.82, 2.24) is 4.98 Å². The van der Waals surface area contributed by atoms with E-state index in [9.17, 15) is 5.11 Å². The van der Waals surface area contributed by atoms with Crippen LogP contribution >= 0.6 is 0 Å². The van der Waals surface area contributed by atoms with Crippen LogP contribution in [0.1, 0.15) is 12.5 Å². The molecule has 2 rings (SSSR count). The van der Waals surface area contributed by atoms with E-state index < -0.39 is 0 Å². The van der Waals surface area contributed by atoms with Gasteiger partial charge in [0.15, 0.2) is 0 Å². The van der Waals surface area contributed by atoms with Gasteiger partial charge in [-0.3, -0.25) is 0 Å². The van der Waals surface area contributed by atoms with Gasteiger partial charge in [0.25, 0.3) is 0 Å². The van der Waals surface area contributed by atoms with E-state index >= 15 is 0 Å². The highest BCUT2D eigenvalue weighted by atomic mass is 16.5. The fraction of sp³-hybridized carbons (Fsp3) is 0.545. The quantitative estimate of drug-likeness (QED) is 0.781. The molecule has 1 aromatic rings. The van der Waals surface area contributed by atoms with Gasteiger partial charge in [-0.15, -0.1) is 0 Å². The average Bonchev–Trinajstić information content (AvgIpc) is 2.30. The molecule has 1 aromatic heterocycles. The Morgan fingerprint density at radius 2 is 2.53 bits per heavy atom. The molecule has 0 aromatic carbocycles. The van der Waals surface area contributed by atoms with E-state index in [4.69, 9.17) is 4.74 Å². The molecule has 1 fully saturated rings. The minimum atomic E-state index is 0.0350. The summed E-state index contributed by atoms with van der Waals surface area (Å²) in [4.78, 5) is 6.52. The van der Waals surface area contributed by atoms with Crippen LogP contribution in [0.25, 0.3) is 0 Å². The van der Waals surface area contributed by atoms with Crippen molar-refractivity contribution in [2.75, 3.05) is 24.7 Å². The lowest BCUT2D eigenvalue weighted by molar-refractivity contribution is 0.0982. The Balaban J connectivity index is 2.26. The molecule has 1 unspecified atom stereocenters. The Kier molecular flexibility index (Phi) is 3.18. The van der Waals surface area contributed by atoms with Crippen molar-refractivity contribution in [3.05, 3.63) is 23.9 Å². The van der Waals surface area contributed by atoms with Gasteiger partial charge < -0.3 is 14.7 Å². The first-order valence-corrected chi connectivity index (χ1v) is 5.22. The van der Waals surface area contributed by atoms with Crippen LogP contribution in [0.3, 0.4) is 0 Å². The summed E-state index contributed by atoms with van der Waals surface area (Å²) in [5, 5.41) is 9.24. The molecule has 4 nitrogen and oxygen atoms in total. The highest BCUT2D eigenvalue weighted by molar-refractivity contribution is 5.47. The predicted octanol–water partition coefficient (Wildman–Crippen LogP) is 0.799. The summed E-state index contributed by atoms with van der Waals surface area (Å²) >= 11 is 0. The van der Waals surface area contributed by atoms with Crippen LogP contribution < -0.4 is 4.90 Å². The summed E-state index contributed by atoms with van der Waals surface area (Å²) in [6.07, 6.45) is 1.76. The molecule has 1 aliphatic rings. The molecule has 0 amide bonds. The molecule has 0 saturated carbocycles. The molecule has 1 saturated heterocycles. The van der Waals surface area contributed by atoms with Gasteiger partial charge in [0.05, 0.1) is 25.9 Å². The monoisotopic (exact) mass is 208 g/mol. The molecule has 1 atom stereocenters. The van der Waals surface area contributed by atoms with E-state index in [0.29, 0.717) is 6.04 Å². The largest absolute Gasteiger partial charge is 0.392 e. The summed E-state index contributed by atoms with van der Waals surface area (Å²) < 4.78 is 5.38. The number of aromatic nitrogens is 1. The van der Waals surface area contributed by atoms with Crippen molar-refractivity contribution in [2.24, 2.45) is 0 Å². The maximum Gasteiger partial charge on any atom is 0.134 e. The number of morpholine rings is 1. The molecule has 4 heteroatoms. The highest BCUT2D eigenvalue weighted by Gasteiger charge is 2.21. The van der Waals surface area contributed by atoms with Gasteiger partial charge in [0, 0.05) is 18.3 Å². The fourth-order valence-corrected chi connectivity index (χ4v) is 1.85. The zero-order valence-electron chi connectivity index (χ0n) is 8.89. The van der Waals surface area contributed by atoms with Gasteiger partial charge in [-0.05, 0) is 13.0 Å². The first kappa shape index (κ1) is 10.4. The number of nitrogens with zero attached hydrogens (tertiary/aromatic N) is 2. The van der Waals surface area contributed by atoms with Crippen LogP contribution in [0.15, 0.2) is 18.3 Å². The summed E-state index contributed by atoms with van der Waals surface area (Å²) in [5.41, 5.74) is 0.881. The van der Waals surface area contributed by atoms with Gasteiger partial charge >= 0.3 is 0 Å². The van der Waals surface area contributed by atoms with Crippen molar-refractivity contribution in [1.29, 1.82) is 0 Å². The van der Waals surface area contributed by atoms with Crippen LogP contribution in [-0.2, 0) is 11.3 Å². The Labute approximate surface area is 89.5 Å². The van der Waals surface area contributed by atoms with Crippen LogP contribution in [0.5, 0.6) is 0 Å². The van der Waals surface area contributed by atoms with E-state index in [1.807, 2.05) is 12.1 Å². The average molecular weight is 208 g/mol. The summed E-state index contributed by atoms with van der Waals surface area (Å²) in [7, 11) is 0. The third kappa shape index (κ3) is 2.11. The lowest BCUT2D eigenvalue weighted by Crippen LogP contribution is -2.44. The second-order valence-electron chi connectivity index (χ2n) is 3.76. The minimum Gasteiger partial charge on any atom is -0.392 e. The first-order chi connectivity index (χ1) is 7.33. The number of rotatable bonds is 2. The molecule has 1 aliphatic heterocycles. The smallest absolute Gasteiger partial charge is 0.134 e. The van der Waals surface area contributed by atoms with E-state index in [1.54, 1.807) is 6.20 Å². The van der Waals surface area contributed by atoms with Gasteiger partial charge in [-0.1, -0.05) is 6.07 Å². The highest BCUT2D eigenvalue weighted by Crippen LogP contribution is 2.21. The number of hydrogen-bond acceptors (Lipinski definition) is 4. The van der Waals surface area contributed by atoms with E-state index in [1.165, 1.54) is 0 Å². The molecule has 15 heavy (non-hydrogen) atoms. The lowest BCUT2D eigenvalue weighted by atomic mass is 10.2. The molecular formula is C11H16N2O2. The van der Waals surface area contributed by atoms with E-state index in [0.717, 1.165) is 31.1 Å². The second kappa shape index (κ2) is 4.59. The van der Waals surface area contributed by atoms with Crippen LogP contribution in [0.2, 0.25) is 0 Å². The Hall–Kier alpha value is -1.13. The summed E-state index contributed by atoms with van der Waals surface area (Å²) in [6.45, 7) is 4.43. The number of hydrogen-bond donors (Lipinski definition) is 1. The molecule has 0 bridgehead atoms. The summed E-state index contributed by atoms with van der Waals surface area (Å²) in [5.74, 6) is 0.885. The molecule has 82 valence electrons. The van der Waals surface area contributed by atoms with Gasteiger partial charge in [-0.25, -0.2) is 4.98 Å². The second-order valence-corrected chi connectivity index (χ2v) is 3.76. The molecular weight excluding hydrogens is 192 g/mol. The summed E-state index contributed by atoms with van der Waals surface area (Å²) in [6, 6.07) is 4.07. The topological polar surface area (TPSA) is 45.6 Å². The standard InChI is InChI=1S/C11H16N2O2/c1-9-8-15-6-5-13(9)11-10(7-14)3-2-4-12-11/h2-4,9,14H,5-8H2,1H3. The van der Waals surface area contributed by atoms with Crippen LogP contribution in [0, 0.1) is 0 Å². The van der Waals surface area contributed by atoms with Gasteiger partial charge in [0.1, 0.15) is 5.82 Å². The van der Waals surface area contributed by atoms with Crippen molar-refractivity contribution in [3.8, 4) is 0 Å². The lowest BCUT2D eigenvalue weighted by Gasteiger charge is -2.35. The van der Waals surface area contributed by atoms with Gasteiger partial charge in [-0.2, -0.15) is 0 Å². The number of pyridine rings is 1. The number of anilines is 1. The zero-order chi connectivity index (χ0) is 10.7. The number of aliphatic hydroxyl groups excluding tert-OH is 1. The van der Waals surface area contributed by atoms with E-state index in [-0.39, 0.29) is 6.61 Å². The third-order valence-electron chi connectivity index (χ3n) is 2.68. The first-order valence-electron chi connectivity index (χ1n) is 5.22. The van der Waals surface area contributed by atoms with Crippen molar-refractivity contribution in [3.63, 3.8) is 0 Å². The van der Waals surface area contributed by atoms with Crippen molar-refractivity contribution in [2.45, 2.75) is 19.6 Å². The zero-order valence-corrected chi connectivity index (χ0v) is 8.89. The fourth-order valence-electron chi connectivity index (χ4n) is 1.85.